The lowest BCUT2D eigenvalue weighted by Crippen LogP contribution is -2.22. The first-order chi connectivity index (χ1) is 27.2. The Kier molecular flexibility index (Phi) is 10.5. The Bertz CT molecular complexity index is 2170. The highest BCUT2D eigenvalue weighted by Crippen LogP contribution is 2.49. The first-order valence-corrected chi connectivity index (χ1v) is 21.1. The molecular formula is C47H51ClF2N4O2. The van der Waals surface area contributed by atoms with Gasteiger partial charge in [0.1, 0.15) is 11.6 Å². The highest BCUT2D eigenvalue weighted by molar-refractivity contribution is 6.31. The predicted molar refractivity (Wildman–Crippen MR) is 216 cm³/mol. The molecule has 4 fully saturated rings. The van der Waals surface area contributed by atoms with Crippen LogP contribution in [-0.2, 0) is 0 Å². The molecule has 2 aromatic carbocycles. The number of aliphatic hydroxyl groups is 2. The lowest BCUT2D eigenvalue weighted by Gasteiger charge is -2.33. The molecule has 0 aliphatic heterocycles. The maximum Gasteiger partial charge on any atom is 0.124 e. The number of aryl methyl sites for hydroxylation is 1. The molecule has 4 aliphatic rings. The number of pyridine rings is 2. The molecule has 56 heavy (non-hydrogen) atoms. The highest BCUT2D eigenvalue weighted by atomic mass is 35.5. The van der Waals surface area contributed by atoms with E-state index in [2.05, 4.69) is 43.0 Å². The van der Waals surface area contributed by atoms with Crippen LogP contribution in [0.1, 0.15) is 152 Å². The van der Waals surface area contributed by atoms with Crippen LogP contribution in [0.4, 0.5) is 8.78 Å². The average Bonchev–Trinajstić information content (AvgIpc) is 4.14. The van der Waals surface area contributed by atoms with Gasteiger partial charge in [-0.25, -0.2) is 18.7 Å². The van der Waals surface area contributed by atoms with Crippen molar-refractivity contribution in [3.63, 3.8) is 0 Å². The molecule has 292 valence electrons. The summed E-state index contributed by atoms with van der Waals surface area (Å²) in [6.45, 7) is 2.00. The summed E-state index contributed by atoms with van der Waals surface area (Å²) < 4.78 is 31.0. The standard InChI is InChI=1S/C24H27FN2O.C23H24ClFN2O/c1-15-12-19(25)8-10-21(15)16-4-6-18(7-5-16)24(28)23-22(17-2-3-17)11-9-20-13-26-14-27(20)23;24-21-11-17(25)7-9-19(21)14-3-5-16(6-4-14)23(28)22-20(15-1-2-15)10-8-18-12-26-13-27(18)22/h8-14,16-18,24,28H,2-7H2,1H3;7-16,23,28H,1-6H2/t16?,18?,24-;14?,16?,23-/m10/s1. The van der Waals surface area contributed by atoms with E-state index in [0.717, 1.165) is 84.9 Å². The third-order valence-corrected chi connectivity index (χ3v) is 13.7. The van der Waals surface area contributed by atoms with E-state index in [9.17, 15) is 19.0 Å². The van der Waals surface area contributed by atoms with Crippen LogP contribution >= 0.6 is 11.6 Å². The number of rotatable bonds is 8. The Hall–Kier alpha value is -4.11. The summed E-state index contributed by atoms with van der Waals surface area (Å²) in [5.74, 6) is 2.01. The molecule has 0 amide bonds. The molecule has 2 N–H and O–H groups in total. The van der Waals surface area contributed by atoms with Crippen molar-refractivity contribution < 1.29 is 19.0 Å². The van der Waals surface area contributed by atoms with Crippen LogP contribution < -0.4 is 0 Å². The zero-order chi connectivity index (χ0) is 38.5. The molecule has 0 spiro atoms. The molecule has 4 saturated carbocycles. The summed E-state index contributed by atoms with van der Waals surface area (Å²) in [5, 5.41) is 23.2. The smallest absolute Gasteiger partial charge is 0.124 e. The number of halogens is 3. The van der Waals surface area contributed by atoms with Gasteiger partial charge in [0.25, 0.3) is 0 Å². The van der Waals surface area contributed by atoms with E-state index in [0.29, 0.717) is 28.7 Å². The summed E-state index contributed by atoms with van der Waals surface area (Å²) in [7, 11) is 0. The Morgan fingerprint density at radius 1 is 0.554 bits per heavy atom. The summed E-state index contributed by atoms with van der Waals surface area (Å²) in [4.78, 5) is 8.59. The molecular weight excluding hydrogens is 726 g/mol. The van der Waals surface area contributed by atoms with Gasteiger partial charge in [-0.2, -0.15) is 0 Å². The lowest BCUT2D eigenvalue weighted by molar-refractivity contribution is 0.0752. The first kappa shape index (κ1) is 37.5. The van der Waals surface area contributed by atoms with Gasteiger partial charge in [0.2, 0.25) is 0 Å². The van der Waals surface area contributed by atoms with E-state index in [-0.39, 0.29) is 23.5 Å². The van der Waals surface area contributed by atoms with E-state index >= 15 is 0 Å². The van der Waals surface area contributed by atoms with Gasteiger partial charge >= 0.3 is 0 Å². The van der Waals surface area contributed by atoms with Crippen molar-refractivity contribution in [2.75, 3.05) is 0 Å². The normalized spacial score (nSPS) is 23.8. The second kappa shape index (κ2) is 15.7. The van der Waals surface area contributed by atoms with Crippen molar-refractivity contribution in [2.45, 2.75) is 120 Å². The van der Waals surface area contributed by atoms with Crippen LogP contribution in [0.3, 0.4) is 0 Å². The van der Waals surface area contributed by atoms with E-state index in [1.54, 1.807) is 12.1 Å². The van der Waals surface area contributed by atoms with Crippen LogP contribution in [-0.4, -0.2) is 29.0 Å². The molecule has 4 heterocycles. The number of benzene rings is 2. The maximum absolute atomic E-state index is 13.4. The van der Waals surface area contributed by atoms with Crippen LogP contribution in [0.25, 0.3) is 11.0 Å². The minimum absolute atomic E-state index is 0.161. The van der Waals surface area contributed by atoms with Gasteiger partial charge in [0.15, 0.2) is 0 Å². The van der Waals surface area contributed by atoms with E-state index in [1.807, 2.05) is 44.1 Å². The lowest BCUT2D eigenvalue weighted by atomic mass is 9.75. The fraction of sp³-hybridized carbons (Fsp3) is 0.447. The van der Waals surface area contributed by atoms with E-state index in [1.165, 1.54) is 54.5 Å². The molecule has 9 heteroatoms. The van der Waals surface area contributed by atoms with Gasteiger partial charge in [-0.15, -0.1) is 0 Å². The minimum Gasteiger partial charge on any atom is -0.387 e. The Morgan fingerprint density at radius 2 is 0.946 bits per heavy atom. The second-order valence-electron chi connectivity index (χ2n) is 17.1. The largest absolute Gasteiger partial charge is 0.387 e. The van der Waals surface area contributed by atoms with Crippen LogP contribution in [0.15, 0.2) is 85.7 Å². The molecule has 0 bridgehead atoms. The third-order valence-electron chi connectivity index (χ3n) is 13.4. The SMILES string of the molecule is Cc1cc(F)ccc1C1CCC([C@@H](O)c2c(C3CC3)ccc3cncn23)CC1.O[C@H](c1c(C2CC2)ccc2cncn12)C1CCC(c2ccc(F)cc2Cl)CC1. The van der Waals surface area contributed by atoms with Crippen molar-refractivity contribution in [3.8, 4) is 0 Å². The molecule has 2 atom stereocenters. The Labute approximate surface area is 332 Å². The molecule has 0 radical (unpaired) electrons. The van der Waals surface area contributed by atoms with Gasteiger partial charge in [0, 0.05) is 5.02 Å². The number of hydrogen-bond acceptors (Lipinski definition) is 4. The van der Waals surface area contributed by atoms with Crippen LogP contribution in [0, 0.1) is 30.4 Å². The van der Waals surface area contributed by atoms with Crippen molar-refractivity contribution in [2.24, 2.45) is 11.8 Å². The molecule has 4 aromatic heterocycles. The molecule has 6 aromatic rings. The zero-order valence-electron chi connectivity index (χ0n) is 32.0. The number of imidazole rings is 2. The maximum atomic E-state index is 13.4. The zero-order valence-corrected chi connectivity index (χ0v) is 32.8. The minimum atomic E-state index is -0.488. The van der Waals surface area contributed by atoms with Gasteiger partial charge in [0.05, 0.1) is 59.7 Å². The third kappa shape index (κ3) is 7.52. The molecule has 10 rings (SSSR count). The molecule has 4 aliphatic carbocycles. The monoisotopic (exact) mass is 776 g/mol. The fourth-order valence-electron chi connectivity index (χ4n) is 10.0. The van der Waals surface area contributed by atoms with E-state index in [4.69, 9.17) is 11.6 Å². The fourth-order valence-corrected chi connectivity index (χ4v) is 10.4. The number of aliphatic hydroxyl groups excluding tert-OH is 2. The molecule has 0 unspecified atom stereocenters. The summed E-state index contributed by atoms with van der Waals surface area (Å²) >= 11 is 6.27. The highest BCUT2D eigenvalue weighted by Gasteiger charge is 2.36. The number of aromatic nitrogens is 4. The van der Waals surface area contributed by atoms with Gasteiger partial charge in [-0.1, -0.05) is 35.9 Å². The summed E-state index contributed by atoms with van der Waals surface area (Å²) in [5.41, 5.74) is 10.1. The van der Waals surface area contributed by atoms with Crippen molar-refractivity contribution in [3.05, 3.63) is 142 Å². The van der Waals surface area contributed by atoms with Crippen molar-refractivity contribution >= 4 is 22.6 Å². The Balaban J connectivity index is 0.000000146. The van der Waals surface area contributed by atoms with Gasteiger partial charge in [-0.05, 0) is 184 Å². The number of nitrogens with zero attached hydrogens (tertiary/aromatic N) is 4. The van der Waals surface area contributed by atoms with Crippen LogP contribution in [0.5, 0.6) is 0 Å². The summed E-state index contributed by atoms with van der Waals surface area (Å²) in [6.07, 6.45) is 19.2. The first-order valence-electron chi connectivity index (χ1n) is 20.7. The molecule has 0 saturated heterocycles. The molecule has 6 nitrogen and oxygen atoms in total. The van der Waals surface area contributed by atoms with Crippen LogP contribution in [0.2, 0.25) is 5.02 Å². The van der Waals surface area contributed by atoms with Gasteiger partial charge < -0.3 is 19.0 Å². The summed E-state index contributed by atoms with van der Waals surface area (Å²) in [6, 6.07) is 18.5. The second-order valence-corrected chi connectivity index (χ2v) is 17.5. The van der Waals surface area contributed by atoms with Crippen molar-refractivity contribution in [1.29, 1.82) is 0 Å². The predicted octanol–water partition coefficient (Wildman–Crippen LogP) is 11.7. The topological polar surface area (TPSA) is 75.1 Å². The average molecular weight is 777 g/mol. The quantitative estimate of drug-likeness (QED) is 0.161. The van der Waals surface area contributed by atoms with Gasteiger partial charge in [-0.3, -0.25) is 0 Å². The number of hydrogen-bond donors (Lipinski definition) is 2. The number of fused-ring (bicyclic) bond motifs is 2. The van der Waals surface area contributed by atoms with Crippen molar-refractivity contribution in [1.82, 2.24) is 18.8 Å². The Morgan fingerprint density at radius 3 is 1.39 bits per heavy atom. The van der Waals surface area contributed by atoms with E-state index < -0.39 is 12.2 Å².